The third kappa shape index (κ3) is 5.34. The van der Waals surface area contributed by atoms with E-state index in [9.17, 15) is 0 Å². The van der Waals surface area contributed by atoms with Crippen LogP contribution in [0.5, 0.6) is 0 Å². The highest BCUT2D eigenvalue weighted by Gasteiger charge is 2.33. The number of nitrogens with zero attached hydrogens (tertiary/aromatic N) is 2. The molecule has 1 N–H and O–H groups in total. The smallest absolute Gasteiger partial charge is 0.0278 e. The van der Waals surface area contributed by atoms with E-state index in [1.807, 2.05) is 0 Å². The van der Waals surface area contributed by atoms with Crippen molar-refractivity contribution in [2.75, 3.05) is 33.2 Å². The first-order chi connectivity index (χ1) is 9.41. The second kappa shape index (κ2) is 8.35. The first-order valence-electron chi connectivity index (χ1n) is 8.61. The number of unbranched alkanes of at least 4 members (excludes halogenated alkanes) is 1. The first-order valence-corrected chi connectivity index (χ1v) is 8.61. The van der Waals surface area contributed by atoms with E-state index in [2.05, 4.69) is 56.8 Å². The van der Waals surface area contributed by atoms with E-state index in [-0.39, 0.29) is 0 Å². The Morgan fingerprint density at radius 3 is 2.55 bits per heavy atom. The van der Waals surface area contributed by atoms with E-state index in [0.717, 1.165) is 12.6 Å². The molecule has 3 heteroatoms. The fourth-order valence-electron chi connectivity index (χ4n) is 2.96. The fourth-order valence-corrected chi connectivity index (χ4v) is 2.96. The molecular weight excluding hydrogens is 246 g/mol. The van der Waals surface area contributed by atoms with Crippen LogP contribution in [0.25, 0.3) is 0 Å². The number of hydrogen-bond donors (Lipinski definition) is 1. The summed E-state index contributed by atoms with van der Waals surface area (Å²) in [5.41, 5.74) is 0.320. The van der Waals surface area contributed by atoms with Crippen LogP contribution in [0, 0.1) is 0 Å². The molecular formula is C17H37N3. The highest BCUT2D eigenvalue weighted by atomic mass is 15.2. The maximum absolute atomic E-state index is 3.75. The number of piperazine rings is 1. The molecule has 1 aliphatic rings. The van der Waals surface area contributed by atoms with Gasteiger partial charge in [-0.3, -0.25) is 4.90 Å². The summed E-state index contributed by atoms with van der Waals surface area (Å²) in [6.07, 6.45) is 5.12. The van der Waals surface area contributed by atoms with Gasteiger partial charge in [-0.2, -0.15) is 0 Å². The normalized spacial score (nSPS) is 28.5. The molecule has 0 aromatic heterocycles. The van der Waals surface area contributed by atoms with Crippen molar-refractivity contribution in [1.82, 2.24) is 15.1 Å². The lowest BCUT2D eigenvalue weighted by Gasteiger charge is -2.46. The van der Waals surface area contributed by atoms with Crippen LogP contribution in [0.3, 0.4) is 0 Å². The van der Waals surface area contributed by atoms with Crippen molar-refractivity contribution in [2.24, 2.45) is 0 Å². The third-order valence-electron chi connectivity index (χ3n) is 5.17. The van der Waals surface area contributed by atoms with Gasteiger partial charge >= 0.3 is 0 Å². The SMILES string of the molecule is CCC1CNC(C)(CC)CN1CCCCN(C)C(C)C. The lowest BCUT2D eigenvalue weighted by molar-refractivity contribution is 0.0795. The maximum Gasteiger partial charge on any atom is 0.0278 e. The zero-order valence-electron chi connectivity index (χ0n) is 14.7. The van der Waals surface area contributed by atoms with E-state index in [4.69, 9.17) is 0 Å². The second-order valence-corrected chi connectivity index (χ2v) is 7.11. The van der Waals surface area contributed by atoms with Gasteiger partial charge in [-0.05, 0) is 66.6 Å². The summed E-state index contributed by atoms with van der Waals surface area (Å²) < 4.78 is 0. The Kier molecular flexibility index (Phi) is 7.49. The first kappa shape index (κ1) is 17.9. The van der Waals surface area contributed by atoms with E-state index < -0.39 is 0 Å². The molecule has 0 amide bonds. The fraction of sp³-hybridized carbons (Fsp3) is 1.00. The Morgan fingerprint density at radius 1 is 1.30 bits per heavy atom. The van der Waals surface area contributed by atoms with Crippen LogP contribution >= 0.6 is 0 Å². The maximum atomic E-state index is 3.75. The summed E-state index contributed by atoms with van der Waals surface area (Å²) in [5, 5.41) is 3.75. The van der Waals surface area contributed by atoms with Crippen molar-refractivity contribution in [3.63, 3.8) is 0 Å². The van der Waals surface area contributed by atoms with E-state index in [1.54, 1.807) is 0 Å². The zero-order chi connectivity index (χ0) is 15.2. The number of nitrogens with one attached hydrogen (secondary N) is 1. The predicted octanol–water partition coefficient (Wildman–Crippen LogP) is 2.96. The monoisotopic (exact) mass is 283 g/mol. The van der Waals surface area contributed by atoms with E-state index in [1.165, 1.54) is 45.3 Å². The summed E-state index contributed by atoms with van der Waals surface area (Å²) in [5.74, 6) is 0. The van der Waals surface area contributed by atoms with Gasteiger partial charge in [-0.1, -0.05) is 13.8 Å². The lowest BCUT2D eigenvalue weighted by Crippen LogP contribution is -2.62. The molecule has 0 aromatic carbocycles. The van der Waals surface area contributed by atoms with Gasteiger partial charge in [0.1, 0.15) is 0 Å². The summed E-state index contributed by atoms with van der Waals surface area (Å²) in [6, 6.07) is 1.40. The van der Waals surface area contributed by atoms with Crippen LogP contribution in [0.15, 0.2) is 0 Å². The summed E-state index contributed by atoms with van der Waals surface area (Å²) in [6.45, 7) is 16.4. The molecule has 1 rings (SSSR count). The largest absolute Gasteiger partial charge is 0.309 e. The van der Waals surface area contributed by atoms with Crippen LogP contribution in [0.2, 0.25) is 0 Å². The van der Waals surface area contributed by atoms with E-state index >= 15 is 0 Å². The molecule has 2 atom stereocenters. The Labute approximate surface area is 127 Å². The molecule has 1 aliphatic heterocycles. The summed E-state index contributed by atoms with van der Waals surface area (Å²) >= 11 is 0. The summed E-state index contributed by atoms with van der Waals surface area (Å²) in [4.78, 5) is 5.18. The molecule has 1 saturated heterocycles. The Morgan fingerprint density at radius 2 is 2.00 bits per heavy atom. The minimum atomic E-state index is 0.320. The van der Waals surface area contributed by atoms with Crippen LogP contribution in [0.1, 0.15) is 60.3 Å². The van der Waals surface area contributed by atoms with Gasteiger partial charge in [0, 0.05) is 30.7 Å². The van der Waals surface area contributed by atoms with Crippen molar-refractivity contribution in [3.05, 3.63) is 0 Å². The van der Waals surface area contributed by atoms with Crippen LogP contribution < -0.4 is 5.32 Å². The van der Waals surface area contributed by atoms with Gasteiger partial charge in [-0.25, -0.2) is 0 Å². The molecule has 120 valence electrons. The number of hydrogen-bond acceptors (Lipinski definition) is 3. The predicted molar refractivity (Wildman–Crippen MR) is 89.4 cm³/mol. The minimum absolute atomic E-state index is 0.320. The molecule has 20 heavy (non-hydrogen) atoms. The molecule has 0 aliphatic carbocycles. The van der Waals surface area contributed by atoms with Gasteiger partial charge in [0.15, 0.2) is 0 Å². The average Bonchev–Trinajstić information content (AvgIpc) is 2.43. The molecule has 0 aromatic rings. The van der Waals surface area contributed by atoms with Crippen molar-refractivity contribution in [2.45, 2.75) is 77.9 Å². The third-order valence-corrected chi connectivity index (χ3v) is 5.17. The van der Waals surface area contributed by atoms with Crippen LogP contribution in [0.4, 0.5) is 0 Å². The highest BCUT2D eigenvalue weighted by molar-refractivity contribution is 4.93. The van der Waals surface area contributed by atoms with Gasteiger partial charge in [-0.15, -0.1) is 0 Å². The Hall–Kier alpha value is -0.120. The topological polar surface area (TPSA) is 18.5 Å². The van der Waals surface area contributed by atoms with Crippen LogP contribution in [-0.2, 0) is 0 Å². The molecule has 0 spiro atoms. The van der Waals surface area contributed by atoms with Crippen molar-refractivity contribution >= 4 is 0 Å². The Bertz CT molecular complexity index is 267. The van der Waals surface area contributed by atoms with Gasteiger partial charge in [0.05, 0.1) is 0 Å². The molecule has 0 bridgehead atoms. The van der Waals surface area contributed by atoms with Crippen molar-refractivity contribution in [3.8, 4) is 0 Å². The van der Waals surface area contributed by atoms with E-state index in [0.29, 0.717) is 11.6 Å². The van der Waals surface area contributed by atoms with Crippen LogP contribution in [-0.4, -0.2) is 60.6 Å². The van der Waals surface area contributed by atoms with Crippen molar-refractivity contribution in [1.29, 1.82) is 0 Å². The summed E-state index contributed by atoms with van der Waals surface area (Å²) in [7, 11) is 2.23. The molecule has 2 unspecified atom stereocenters. The second-order valence-electron chi connectivity index (χ2n) is 7.11. The lowest BCUT2D eigenvalue weighted by atomic mass is 9.92. The quantitative estimate of drug-likeness (QED) is 0.691. The molecule has 1 fully saturated rings. The van der Waals surface area contributed by atoms with Gasteiger partial charge < -0.3 is 10.2 Å². The molecule has 0 radical (unpaired) electrons. The molecule has 1 heterocycles. The van der Waals surface area contributed by atoms with Gasteiger partial charge in [0.2, 0.25) is 0 Å². The standard InChI is InChI=1S/C17H37N3/c1-7-16-13-18-17(5,8-2)14-20(16)12-10-9-11-19(6)15(3)4/h15-16,18H,7-14H2,1-6H3. The van der Waals surface area contributed by atoms with Gasteiger partial charge in [0.25, 0.3) is 0 Å². The average molecular weight is 284 g/mol. The zero-order valence-corrected chi connectivity index (χ0v) is 14.7. The van der Waals surface area contributed by atoms with Crippen molar-refractivity contribution < 1.29 is 0 Å². The number of rotatable bonds is 8. The molecule has 0 saturated carbocycles. The highest BCUT2D eigenvalue weighted by Crippen LogP contribution is 2.20. The molecule has 3 nitrogen and oxygen atoms in total. The minimum Gasteiger partial charge on any atom is -0.309 e. The Balaban J connectivity index is 2.35.